The van der Waals surface area contributed by atoms with Crippen molar-refractivity contribution in [2.45, 2.75) is 13.0 Å². The highest BCUT2D eigenvalue weighted by Gasteiger charge is 2.22. The maximum Gasteiger partial charge on any atom is 0.128 e. The molecule has 3 heterocycles. The van der Waals surface area contributed by atoms with Crippen LogP contribution in [0.15, 0.2) is 48.8 Å². The van der Waals surface area contributed by atoms with Gasteiger partial charge in [0.1, 0.15) is 5.82 Å². The molecule has 1 aliphatic rings. The molecular weight excluding hydrogens is 312 g/mol. The number of hydrogen-bond acceptors (Lipinski definition) is 4. The fraction of sp³-hybridized carbons (Fsp3) is 0.350. The minimum atomic E-state index is -0.475. The van der Waals surface area contributed by atoms with Crippen molar-refractivity contribution in [3.05, 3.63) is 59.9 Å². The van der Waals surface area contributed by atoms with Crippen molar-refractivity contribution < 1.29 is 5.11 Å². The van der Waals surface area contributed by atoms with Crippen molar-refractivity contribution in [1.29, 1.82) is 0 Å². The van der Waals surface area contributed by atoms with Crippen LogP contribution in [0.1, 0.15) is 17.2 Å². The van der Waals surface area contributed by atoms with E-state index in [0.717, 1.165) is 48.5 Å². The van der Waals surface area contributed by atoms with Gasteiger partial charge in [-0.15, -0.1) is 0 Å². The third-order valence-electron chi connectivity index (χ3n) is 5.00. The number of anilines is 1. The van der Waals surface area contributed by atoms with Crippen LogP contribution in [-0.2, 0) is 0 Å². The molecule has 1 aliphatic heterocycles. The zero-order chi connectivity index (χ0) is 17.2. The van der Waals surface area contributed by atoms with Crippen molar-refractivity contribution in [3.8, 4) is 0 Å². The monoisotopic (exact) mass is 336 g/mol. The van der Waals surface area contributed by atoms with Crippen LogP contribution in [0.3, 0.4) is 0 Å². The highest BCUT2D eigenvalue weighted by Crippen LogP contribution is 2.26. The second-order valence-corrected chi connectivity index (χ2v) is 6.78. The van der Waals surface area contributed by atoms with Gasteiger partial charge in [0.15, 0.2) is 0 Å². The number of piperazine rings is 1. The first-order valence-corrected chi connectivity index (χ1v) is 8.85. The van der Waals surface area contributed by atoms with E-state index in [1.54, 1.807) is 0 Å². The Morgan fingerprint density at radius 1 is 1.16 bits per heavy atom. The zero-order valence-corrected chi connectivity index (χ0v) is 14.5. The minimum absolute atomic E-state index is 0.475. The third-order valence-corrected chi connectivity index (χ3v) is 5.00. The van der Waals surface area contributed by atoms with E-state index in [1.165, 1.54) is 5.56 Å². The van der Waals surface area contributed by atoms with Gasteiger partial charge in [0, 0.05) is 61.6 Å². The summed E-state index contributed by atoms with van der Waals surface area (Å²) >= 11 is 0. The Labute approximate surface area is 147 Å². The number of benzene rings is 1. The van der Waals surface area contributed by atoms with Gasteiger partial charge in [0.05, 0.1) is 6.10 Å². The highest BCUT2D eigenvalue weighted by molar-refractivity contribution is 5.84. The fourth-order valence-corrected chi connectivity index (χ4v) is 3.58. The summed E-state index contributed by atoms with van der Waals surface area (Å²) in [6.07, 6.45) is 3.31. The number of aryl methyl sites for hydroxylation is 1. The summed E-state index contributed by atoms with van der Waals surface area (Å²) in [6, 6.07) is 12.3. The summed E-state index contributed by atoms with van der Waals surface area (Å²) in [5.74, 6) is 1.04. The molecule has 0 radical (unpaired) electrons. The molecule has 0 saturated carbocycles. The first-order valence-electron chi connectivity index (χ1n) is 8.85. The summed E-state index contributed by atoms with van der Waals surface area (Å²) in [6.45, 7) is 6.51. The van der Waals surface area contributed by atoms with Crippen LogP contribution >= 0.6 is 0 Å². The van der Waals surface area contributed by atoms with Crippen molar-refractivity contribution in [2.75, 3.05) is 37.6 Å². The first-order chi connectivity index (χ1) is 12.2. The molecular formula is C20H24N4O. The predicted molar refractivity (Wildman–Crippen MR) is 101 cm³/mol. The standard InChI is InChI=1S/C20H24N4O/c1-15-5-6-18-16(12-15)17(13-22-18)19(25)14-23-8-10-24(11-9-23)20-4-2-3-7-21-20/h2-7,12-13,19,22,25H,8-11,14H2,1H3. The predicted octanol–water partition coefficient (Wildman–Crippen LogP) is 2.73. The van der Waals surface area contributed by atoms with Crippen LogP contribution in [0.5, 0.6) is 0 Å². The van der Waals surface area contributed by atoms with Gasteiger partial charge in [-0.05, 0) is 31.2 Å². The minimum Gasteiger partial charge on any atom is -0.387 e. The summed E-state index contributed by atoms with van der Waals surface area (Å²) in [7, 11) is 0. The Balaban J connectivity index is 1.40. The Bertz CT molecular complexity index is 837. The van der Waals surface area contributed by atoms with Crippen molar-refractivity contribution >= 4 is 16.7 Å². The maximum absolute atomic E-state index is 10.7. The molecule has 0 amide bonds. The molecule has 0 aliphatic carbocycles. The lowest BCUT2D eigenvalue weighted by molar-refractivity contribution is 0.110. The number of hydrogen-bond donors (Lipinski definition) is 2. The average Bonchev–Trinajstić information content (AvgIpc) is 3.06. The van der Waals surface area contributed by atoms with Crippen LogP contribution in [-0.4, -0.2) is 52.7 Å². The Hall–Kier alpha value is -2.37. The lowest BCUT2D eigenvalue weighted by atomic mass is 10.1. The van der Waals surface area contributed by atoms with E-state index >= 15 is 0 Å². The molecule has 5 heteroatoms. The van der Waals surface area contributed by atoms with Gasteiger partial charge in [-0.3, -0.25) is 4.90 Å². The molecule has 3 aromatic rings. The molecule has 1 fully saturated rings. The maximum atomic E-state index is 10.7. The van der Waals surface area contributed by atoms with E-state index < -0.39 is 6.10 Å². The number of nitrogens with one attached hydrogen (secondary N) is 1. The molecule has 0 bridgehead atoms. The number of aliphatic hydroxyl groups excluding tert-OH is 1. The molecule has 0 spiro atoms. The highest BCUT2D eigenvalue weighted by atomic mass is 16.3. The average molecular weight is 336 g/mol. The van der Waals surface area contributed by atoms with Gasteiger partial charge in [-0.1, -0.05) is 17.7 Å². The van der Waals surface area contributed by atoms with Crippen LogP contribution < -0.4 is 4.90 Å². The lowest BCUT2D eigenvalue weighted by Crippen LogP contribution is -2.47. The van der Waals surface area contributed by atoms with Crippen LogP contribution in [0.4, 0.5) is 5.82 Å². The van der Waals surface area contributed by atoms with E-state index in [-0.39, 0.29) is 0 Å². The number of rotatable bonds is 4. The fourth-order valence-electron chi connectivity index (χ4n) is 3.58. The van der Waals surface area contributed by atoms with E-state index in [2.05, 4.69) is 51.0 Å². The van der Waals surface area contributed by atoms with E-state index in [4.69, 9.17) is 0 Å². The Morgan fingerprint density at radius 3 is 2.76 bits per heavy atom. The summed E-state index contributed by atoms with van der Waals surface area (Å²) in [5, 5.41) is 11.9. The summed E-state index contributed by atoms with van der Waals surface area (Å²) < 4.78 is 0. The molecule has 25 heavy (non-hydrogen) atoms. The van der Waals surface area contributed by atoms with Crippen LogP contribution in [0, 0.1) is 6.92 Å². The van der Waals surface area contributed by atoms with Gasteiger partial charge in [0.25, 0.3) is 0 Å². The van der Waals surface area contributed by atoms with E-state index in [0.29, 0.717) is 6.54 Å². The van der Waals surface area contributed by atoms with Crippen LogP contribution in [0.2, 0.25) is 0 Å². The lowest BCUT2D eigenvalue weighted by Gasteiger charge is -2.36. The normalized spacial score (nSPS) is 17.1. The molecule has 2 N–H and O–H groups in total. The van der Waals surface area contributed by atoms with Crippen LogP contribution in [0.25, 0.3) is 10.9 Å². The van der Waals surface area contributed by atoms with Gasteiger partial charge >= 0.3 is 0 Å². The van der Waals surface area contributed by atoms with Crippen molar-refractivity contribution in [3.63, 3.8) is 0 Å². The number of H-pyrrole nitrogens is 1. The molecule has 1 atom stereocenters. The van der Waals surface area contributed by atoms with Crippen molar-refractivity contribution in [2.24, 2.45) is 0 Å². The number of fused-ring (bicyclic) bond motifs is 1. The number of aliphatic hydroxyl groups is 1. The molecule has 2 aromatic heterocycles. The van der Waals surface area contributed by atoms with Gasteiger partial charge in [0.2, 0.25) is 0 Å². The molecule has 5 nitrogen and oxygen atoms in total. The molecule has 4 rings (SSSR count). The Kier molecular flexibility index (Phi) is 4.42. The zero-order valence-electron chi connectivity index (χ0n) is 14.5. The topological polar surface area (TPSA) is 55.4 Å². The summed E-state index contributed by atoms with van der Waals surface area (Å²) in [5.41, 5.74) is 3.29. The van der Waals surface area contributed by atoms with Gasteiger partial charge < -0.3 is 15.0 Å². The quantitative estimate of drug-likeness (QED) is 0.769. The number of aromatic nitrogens is 2. The number of β-amino-alcohol motifs (C(OH)–C–C–N with tert-alkyl or cyclic N) is 1. The number of pyridine rings is 1. The number of nitrogens with zero attached hydrogens (tertiary/aromatic N) is 3. The number of aromatic amines is 1. The largest absolute Gasteiger partial charge is 0.387 e. The smallest absolute Gasteiger partial charge is 0.128 e. The van der Waals surface area contributed by atoms with Crippen molar-refractivity contribution in [1.82, 2.24) is 14.9 Å². The SMILES string of the molecule is Cc1ccc2[nH]cc(C(O)CN3CCN(c4ccccn4)CC3)c2c1. The molecule has 1 saturated heterocycles. The second-order valence-electron chi connectivity index (χ2n) is 6.78. The van der Waals surface area contributed by atoms with Gasteiger partial charge in [-0.2, -0.15) is 0 Å². The van der Waals surface area contributed by atoms with E-state index in [1.807, 2.05) is 24.5 Å². The first kappa shape index (κ1) is 16.1. The second kappa shape index (κ2) is 6.86. The van der Waals surface area contributed by atoms with Gasteiger partial charge in [-0.25, -0.2) is 4.98 Å². The third kappa shape index (κ3) is 3.38. The molecule has 130 valence electrons. The molecule has 1 aromatic carbocycles. The van der Waals surface area contributed by atoms with E-state index in [9.17, 15) is 5.11 Å². The summed E-state index contributed by atoms with van der Waals surface area (Å²) in [4.78, 5) is 12.3. The molecule has 1 unspecified atom stereocenters. The Morgan fingerprint density at radius 2 is 2.00 bits per heavy atom.